The van der Waals surface area contributed by atoms with E-state index in [0.29, 0.717) is 6.54 Å². The van der Waals surface area contributed by atoms with Gasteiger partial charge in [-0.2, -0.15) is 0 Å². The average molecular weight is 343 g/mol. The zero-order valence-corrected chi connectivity index (χ0v) is 14.5. The van der Waals surface area contributed by atoms with Gasteiger partial charge in [0.15, 0.2) is 0 Å². The average Bonchev–Trinajstić information content (AvgIpc) is 3.21. The Balaban J connectivity index is 1.66. The van der Waals surface area contributed by atoms with Crippen LogP contribution in [0.1, 0.15) is 12.0 Å². The molecule has 1 amide bonds. The molecule has 4 heterocycles. The van der Waals surface area contributed by atoms with Crippen molar-refractivity contribution in [2.24, 2.45) is 5.73 Å². The van der Waals surface area contributed by atoms with Crippen LogP contribution in [0.5, 0.6) is 0 Å². The fourth-order valence-corrected chi connectivity index (χ4v) is 4.33. The number of likely N-dealkylation sites (tertiary alicyclic amines) is 1. The molecule has 0 saturated carbocycles. The molecule has 0 spiro atoms. The van der Waals surface area contributed by atoms with Gasteiger partial charge in [0.1, 0.15) is 5.65 Å². The third-order valence-corrected chi connectivity index (χ3v) is 5.62. The predicted molar refractivity (Wildman–Crippen MR) is 97.9 cm³/mol. The van der Waals surface area contributed by atoms with Crippen molar-refractivity contribution in [2.45, 2.75) is 19.4 Å². The van der Waals surface area contributed by atoms with Gasteiger partial charge in [0, 0.05) is 55.4 Å². The zero-order chi connectivity index (χ0) is 16.7. The highest BCUT2D eigenvalue weighted by Crippen LogP contribution is 2.33. The van der Waals surface area contributed by atoms with E-state index < -0.39 is 0 Å². The van der Waals surface area contributed by atoms with E-state index in [4.69, 9.17) is 5.73 Å². The summed E-state index contributed by atoms with van der Waals surface area (Å²) in [6, 6.07) is 2.13. The summed E-state index contributed by atoms with van der Waals surface area (Å²) >= 11 is 1.63. The van der Waals surface area contributed by atoms with E-state index in [2.05, 4.69) is 21.8 Å². The number of hydrogen-bond donors (Lipinski definition) is 2. The van der Waals surface area contributed by atoms with Gasteiger partial charge in [0.05, 0.1) is 10.6 Å². The lowest BCUT2D eigenvalue weighted by Gasteiger charge is -2.28. The molecule has 24 heavy (non-hydrogen) atoms. The molecule has 0 bridgehead atoms. The highest BCUT2D eigenvalue weighted by Gasteiger charge is 2.28. The van der Waals surface area contributed by atoms with Crippen LogP contribution in [0, 0.1) is 6.92 Å². The Hall–Kier alpha value is -1.99. The van der Waals surface area contributed by atoms with Crippen molar-refractivity contribution in [3.05, 3.63) is 35.1 Å². The normalized spacial score (nSPS) is 21.4. The lowest BCUT2D eigenvalue weighted by molar-refractivity contribution is -0.125. The number of carbonyl (C=O) groups is 1. The molecule has 6 nitrogen and oxygen atoms in total. The summed E-state index contributed by atoms with van der Waals surface area (Å²) in [5.74, 6) is 0.999. The lowest BCUT2D eigenvalue weighted by atomic mass is 10.2. The van der Waals surface area contributed by atoms with E-state index in [9.17, 15) is 4.79 Å². The first-order chi connectivity index (χ1) is 11.6. The van der Waals surface area contributed by atoms with Gasteiger partial charge in [0.25, 0.3) is 5.91 Å². The number of nitrogens with two attached hydrogens (primary N) is 1. The van der Waals surface area contributed by atoms with Crippen molar-refractivity contribution in [3.63, 3.8) is 0 Å². The molecule has 126 valence electrons. The molecule has 3 N–H and O–H groups in total. The molecule has 0 radical (unpaired) electrons. The number of hydrogen-bond acceptors (Lipinski definition) is 5. The lowest BCUT2D eigenvalue weighted by Crippen LogP contribution is -2.34. The number of amides is 1. The maximum atomic E-state index is 12.7. The van der Waals surface area contributed by atoms with Crippen LogP contribution in [-0.2, 0) is 4.79 Å². The van der Waals surface area contributed by atoms with Crippen LogP contribution in [0.15, 0.2) is 29.6 Å². The first-order valence-electron chi connectivity index (χ1n) is 8.22. The molecule has 2 aliphatic heterocycles. The Morgan fingerprint density at radius 3 is 3.12 bits per heavy atom. The fraction of sp³-hybridized carbons (Fsp3) is 0.412. The number of H-pyrrole nitrogens is 1. The molecular formula is C17H21N5OS. The van der Waals surface area contributed by atoms with E-state index in [-0.39, 0.29) is 11.9 Å². The number of anilines is 1. The number of nitrogens with zero attached hydrogens (tertiary/aromatic N) is 3. The first kappa shape index (κ1) is 15.5. The molecular weight excluding hydrogens is 322 g/mol. The number of aryl methyl sites for hydroxylation is 1. The number of fused-ring (bicyclic) bond motifs is 1. The fourth-order valence-electron chi connectivity index (χ4n) is 3.37. The summed E-state index contributed by atoms with van der Waals surface area (Å²) in [6.45, 7) is 4.37. The molecule has 4 rings (SSSR count). The zero-order valence-electron chi connectivity index (χ0n) is 13.7. The van der Waals surface area contributed by atoms with E-state index in [1.165, 1.54) is 0 Å². The minimum absolute atomic E-state index is 0.105. The minimum atomic E-state index is 0.105. The number of nitrogens with one attached hydrogen (secondary N) is 1. The van der Waals surface area contributed by atoms with Gasteiger partial charge < -0.3 is 20.5 Å². The molecule has 1 saturated heterocycles. The highest BCUT2D eigenvalue weighted by molar-refractivity contribution is 8.04. The van der Waals surface area contributed by atoms with E-state index in [0.717, 1.165) is 52.5 Å². The monoisotopic (exact) mass is 343 g/mol. The Morgan fingerprint density at radius 2 is 2.33 bits per heavy atom. The van der Waals surface area contributed by atoms with Crippen molar-refractivity contribution in [1.29, 1.82) is 0 Å². The Morgan fingerprint density at radius 1 is 1.46 bits per heavy atom. The van der Waals surface area contributed by atoms with Gasteiger partial charge in [0.2, 0.25) is 0 Å². The SMILES string of the molecule is Cc1c[nH]c2nccc(N3C=C(C(=O)N4CC[C@H](N)C4)SCC3)c12. The molecule has 0 aromatic carbocycles. The number of carbonyl (C=O) groups excluding carboxylic acids is 1. The Labute approximate surface area is 145 Å². The maximum absolute atomic E-state index is 12.7. The van der Waals surface area contributed by atoms with Gasteiger partial charge in [-0.1, -0.05) is 0 Å². The first-order valence-corrected chi connectivity index (χ1v) is 9.21. The Kier molecular flexibility index (Phi) is 3.97. The molecule has 0 unspecified atom stereocenters. The van der Waals surface area contributed by atoms with Crippen LogP contribution in [0.25, 0.3) is 11.0 Å². The van der Waals surface area contributed by atoms with Gasteiger partial charge in [-0.3, -0.25) is 4.79 Å². The van der Waals surface area contributed by atoms with Crippen LogP contribution >= 0.6 is 11.8 Å². The topological polar surface area (TPSA) is 78.2 Å². The second-order valence-electron chi connectivity index (χ2n) is 6.36. The van der Waals surface area contributed by atoms with E-state index in [1.54, 1.807) is 11.8 Å². The molecule has 2 aliphatic rings. The number of thioether (sulfide) groups is 1. The third-order valence-electron chi connectivity index (χ3n) is 4.64. The second kappa shape index (κ2) is 6.14. The maximum Gasteiger partial charge on any atom is 0.261 e. The van der Waals surface area contributed by atoms with Crippen molar-refractivity contribution in [3.8, 4) is 0 Å². The van der Waals surface area contributed by atoms with Crippen LogP contribution < -0.4 is 10.6 Å². The van der Waals surface area contributed by atoms with Crippen molar-refractivity contribution in [1.82, 2.24) is 14.9 Å². The van der Waals surface area contributed by atoms with Gasteiger partial charge in [-0.05, 0) is 25.0 Å². The summed E-state index contributed by atoms with van der Waals surface area (Å²) in [6.07, 6.45) is 6.66. The predicted octanol–water partition coefficient (Wildman–Crippen LogP) is 1.83. The summed E-state index contributed by atoms with van der Waals surface area (Å²) in [5, 5.41) is 1.12. The van der Waals surface area contributed by atoms with Crippen LogP contribution in [0.4, 0.5) is 5.69 Å². The summed E-state index contributed by atoms with van der Waals surface area (Å²) in [7, 11) is 0. The highest BCUT2D eigenvalue weighted by atomic mass is 32.2. The van der Waals surface area contributed by atoms with E-state index >= 15 is 0 Å². The molecule has 1 fully saturated rings. The smallest absolute Gasteiger partial charge is 0.261 e. The molecule has 1 atom stereocenters. The van der Waals surface area contributed by atoms with Crippen molar-refractivity contribution >= 4 is 34.4 Å². The number of aromatic amines is 1. The molecule has 2 aromatic rings. The van der Waals surface area contributed by atoms with E-state index in [1.807, 2.05) is 29.6 Å². The van der Waals surface area contributed by atoms with Gasteiger partial charge in [-0.15, -0.1) is 11.8 Å². The number of rotatable bonds is 2. The summed E-state index contributed by atoms with van der Waals surface area (Å²) < 4.78 is 0. The number of aromatic nitrogens is 2. The molecule has 0 aliphatic carbocycles. The molecule has 7 heteroatoms. The van der Waals surface area contributed by atoms with Crippen molar-refractivity contribution in [2.75, 3.05) is 30.3 Å². The van der Waals surface area contributed by atoms with Gasteiger partial charge in [-0.25, -0.2) is 4.98 Å². The van der Waals surface area contributed by atoms with Crippen LogP contribution in [0.3, 0.4) is 0 Å². The number of pyridine rings is 1. The quantitative estimate of drug-likeness (QED) is 0.870. The van der Waals surface area contributed by atoms with Crippen LogP contribution in [0.2, 0.25) is 0 Å². The van der Waals surface area contributed by atoms with Crippen LogP contribution in [-0.4, -0.2) is 52.2 Å². The standard InChI is InChI=1S/C17H21N5OS/c1-11-8-20-16-15(11)13(2-4-19-16)21-6-7-24-14(10-21)17(23)22-5-3-12(18)9-22/h2,4,8,10,12H,3,5-7,9,18H2,1H3,(H,19,20)/t12-/m0/s1. The third kappa shape index (κ3) is 2.67. The van der Waals surface area contributed by atoms with Crippen molar-refractivity contribution < 1.29 is 4.79 Å². The van der Waals surface area contributed by atoms with Gasteiger partial charge >= 0.3 is 0 Å². The Bertz CT molecular complexity index is 814. The molecule has 2 aromatic heterocycles. The second-order valence-corrected chi connectivity index (χ2v) is 7.50. The summed E-state index contributed by atoms with van der Waals surface area (Å²) in [4.78, 5) is 25.2. The minimum Gasteiger partial charge on any atom is -0.346 e. The summed E-state index contributed by atoms with van der Waals surface area (Å²) in [5.41, 5.74) is 9.09. The largest absolute Gasteiger partial charge is 0.346 e.